The van der Waals surface area contributed by atoms with Crippen LogP contribution in [0.2, 0.25) is 5.02 Å². The van der Waals surface area contributed by atoms with Gasteiger partial charge in [0.15, 0.2) is 0 Å². The zero-order valence-corrected chi connectivity index (χ0v) is 12.3. The summed E-state index contributed by atoms with van der Waals surface area (Å²) < 4.78 is 5.17. The van der Waals surface area contributed by atoms with E-state index in [-0.39, 0.29) is 0 Å². The summed E-state index contributed by atoms with van der Waals surface area (Å²) in [6.45, 7) is 5.91. The minimum Gasteiger partial charge on any atom is -0.444 e. The molecule has 2 N–H and O–H groups in total. The van der Waals surface area contributed by atoms with Crippen LogP contribution >= 0.6 is 11.6 Å². The molecule has 1 amide bonds. The Balaban J connectivity index is 2.73. The summed E-state index contributed by atoms with van der Waals surface area (Å²) in [5, 5.41) is 3.07. The maximum Gasteiger partial charge on any atom is 0.412 e. The van der Waals surface area contributed by atoms with Crippen LogP contribution in [0.3, 0.4) is 0 Å². The molecule has 0 aliphatic carbocycles. The van der Waals surface area contributed by atoms with Crippen LogP contribution in [0.25, 0.3) is 0 Å². The molecule has 0 aliphatic rings. The molecule has 106 valence electrons. The lowest BCUT2D eigenvalue weighted by molar-refractivity contribution is 0.0636. The number of halogens is 1. The molecule has 0 heterocycles. The number of ether oxygens (including phenoxy) is 1. The number of hydrogen-bond acceptors (Lipinski definition) is 4. The molecule has 1 rings (SSSR count). The summed E-state index contributed by atoms with van der Waals surface area (Å²) in [5.74, 6) is 0. The van der Waals surface area contributed by atoms with E-state index in [2.05, 4.69) is 10.8 Å². The van der Waals surface area contributed by atoms with Gasteiger partial charge in [0.2, 0.25) is 0 Å². The number of carbonyl (C=O) groups is 1. The van der Waals surface area contributed by atoms with Crippen molar-refractivity contribution in [2.75, 3.05) is 12.4 Å². The molecule has 0 aliphatic heterocycles. The van der Waals surface area contributed by atoms with Gasteiger partial charge in [-0.25, -0.2) is 4.79 Å². The van der Waals surface area contributed by atoms with E-state index in [0.717, 1.165) is 5.56 Å². The van der Waals surface area contributed by atoms with Crippen molar-refractivity contribution in [3.63, 3.8) is 0 Å². The predicted molar refractivity (Wildman–Crippen MR) is 75.2 cm³/mol. The van der Waals surface area contributed by atoms with Crippen LogP contribution in [-0.2, 0) is 16.1 Å². The topological polar surface area (TPSA) is 59.6 Å². The summed E-state index contributed by atoms with van der Waals surface area (Å²) in [7, 11) is 1.54. The Morgan fingerprint density at radius 2 is 2.05 bits per heavy atom. The van der Waals surface area contributed by atoms with Crippen molar-refractivity contribution < 1.29 is 14.4 Å². The average molecular weight is 287 g/mol. The molecule has 6 heteroatoms. The zero-order valence-electron chi connectivity index (χ0n) is 11.5. The number of benzene rings is 1. The van der Waals surface area contributed by atoms with Crippen LogP contribution < -0.4 is 10.8 Å². The second-order valence-corrected chi connectivity index (χ2v) is 5.37. The largest absolute Gasteiger partial charge is 0.444 e. The van der Waals surface area contributed by atoms with E-state index in [0.29, 0.717) is 17.3 Å². The summed E-state index contributed by atoms with van der Waals surface area (Å²) in [4.78, 5) is 16.4. The molecule has 1 aromatic carbocycles. The first-order chi connectivity index (χ1) is 8.81. The van der Waals surface area contributed by atoms with E-state index in [9.17, 15) is 4.79 Å². The normalized spacial score (nSPS) is 11.2. The third-order valence-corrected chi connectivity index (χ3v) is 2.42. The first-order valence-corrected chi connectivity index (χ1v) is 6.24. The van der Waals surface area contributed by atoms with E-state index in [4.69, 9.17) is 21.2 Å². The van der Waals surface area contributed by atoms with Crippen LogP contribution in [0.1, 0.15) is 26.3 Å². The Kier molecular flexibility index (Phi) is 5.60. The fourth-order valence-electron chi connectivity index (χ4n) is 1.35. The highest BCUT2D eigenvalue weighted by Crippen LogP contribution is 2.23. The van der Waals surface area contributed by atoms with Crippen molar-refractivity contribution in [3.8, 4) is 0 Å². The van der Waals surface area contributed by atoms with Crippen LogP contribution in [0.5, 0.6) is 0 Å². The molecule has 0 aromatic heterocycles. The highest BCUT2D eigenvalue weighted by Gasteiger charge is 2.17. The van der Waals surface area contributed by atoms with Gasteiger partial charge < -0.3 is 9.57 Å². The van der Waals surface area contributed by atoms with Crippen LogP contribution in [0.15, 0.2) is 18.2 Å². The highest BCUT2D eigenvalue weighted by molar-refractivity contribution is 6.33. The van der Waals surface area contributed by atoms with E-state index in [1.807, 2.05) is 6.07 Å². The van der Waals surface area contributed by atoms with Crippen LogP contribution in [-0.4, -0.2) is 18.8 Å². The Morgan fingerprint density at radius 1 is 1.37 bits per heavy atom. The number of hydrogen-bond donors (Lipinski definition) is 2. The van der Waals surface area contributed by atoms with Gasteiger partial charge in [-0.05, 0) is 38.5 Å². The number of anilines is 1. The maximum atomic E-state index is 11.7. The molecule has 0 spiro atoms. The number of carbonyl (C=O) groups excluding carboxylic acids is 1. The zero-order chi connectivity index (χ0) is 14.5. The monoisotopic (exact) mass is 286 g/mol. The molecule has 0 fully saturated rings. The van der Waals surface area contributed by atoms with E-state index >= 15 is 0 Å². The van der Waals surface area contributed by atoms with Crippen molar-refractivity contribution in [2.24, 2.45) is 0 Å². The Labute approximate surface area is 118 Å². The minimum atomic E-state index is -0.550. The predicted octanol–water partition coefficient (Wildman–Crippen LogP) is 3.34. The van der Waals surface area contributed by atoms with Gasteiger partial charge in [0, 0.05) is 6.54 Å². The molecule has 0 unspecified atom stereocenters. The average Bonchev–Trinajstić information content (AvgIpc) is 2.27. The van der Waals surface area contributed by atoms with Crippen LogP contribution in [0, 0.1) is 0 Å². The third-order valence-electron chi connectivity index (χ3n) is 2.09. The molecular formula is C13H19ClN2O3. The van der Waals surface area contributed by atoms with Gasteiger partial charge in [-0.15, -0.1) is 0 Å². The summed E-state index contributed by atoms with van der Waals surface area (Å²) in [6, 6.07) is 5.31. The molecule has 0 saturated carbocycles. The third kappa shape index (κ3) is 5.92. The molecule has 0 saturated heterocycles. The lowest BCUT2D eigenvalue weighted by Crippen LogP contribution is -2.27. The fraction of sp³-hybridized carbons (Fsp3) is 0.462. The number of amides is 1. The summed E-state index contributed by atoms with van der Waals surface area (Å²) >= 11 is 6.02. The Bertz CT molecular complexity index is 444. The highest BCUT2D eigenvalue weighted by atomic mass is 35.5. The second kappa shape index (κ2) is 6.75. The smallest absolute Gasteiger partial charge is 0.412 e. The van der Waals surface area contributed by atoms with Crippen molar-refractivity contribution >= 4 is 23.4 Å². The van der Waals surface area contributed by atoms with Crippen LogP contribution in [0.4, 0.5) is 10.5 Å². The van der Waals surface area contributed by atoms with E-state index in [1.165, 1.54) is 7.11 Å². The van der Waals surface area contributed by atoms with Gasteiger partial charge in [-0.1, -0.05) is 17.7 Å². The van der Waals surface area contributed by atoms with Crippen molar-refractivity contribution in [3.05, 3.63) is 28.8 Å². The second-order valence-electron chi connectivity index (χ2n) is 4.97. The van der Waals surface area contributed by atoms with E-state index in [1.54, 1.807) is 32.9 Å². The quantitative estimate of drug-likeness (QED) is 0.834. The molecule has 0 radical (unpaired) electrons. The van der Waals surface area contributed by atoms with Gasteiger partial charge in [-0.3, -0.25) is 5.32 Å². The first kappa shape index (κ1) is 15.8. The van der Waals surface area contributed by atoms with Gasteiger partial charge in [0.25, 0.3) is 0 Å². The minimum absolute atomic E-state index is 0.451. The summed E-state index contributed by atoms with van der Waals surface area (Å²) in [5.41, 5.74) is 3.60. The summed E-state index contributed by atoms with van der Waals surface area (Å²) in [6.07, 6.45) is -0.536. The maximum absolute atomic E-state index is 11.7. The van der Waals surface area contributed by atoms with Gasteiger partial charge in [-0.2, -0.15) is 5.48 Å². The molecule has 19 heavy (non-hydrogen) atoms. The lowest BCUT2D eigenvalue weighted by Gasteiger charge is -2.20. The van der Waals surface area contributed by atoms with Gasteiger partial charge in [0.1, 0.15) is 5.60 Å². The fourth-order valence-corrected chi connectivity index (χ4v) is 1.51. The Morgan fingerprint density at radius 3 is 2.63 bits per heavy atom. The number of rotatable bonds is 4. The van der Waals surface area contributed by atoms with E-state index < -0.39 is 11.7 Å². The molecule has 0 bridgehead atoms. The SMILES string of the molecule is CONCc1ccc(Cl)c(NC(=O)OC(C)(C)C)c1. The van der Waals surface area contributed by atoms with Crippen molar-refractivity contribution in [2.45, 2.75) is 32.9 Å². The number of nitrogens with one attached hydrogen (secondary N) is 2. The number of hydroxylamine groups is 1. The lowest BCUT2D eigenvalue weighted by atomic mass is 10.2. The van der Waals surface area contributed by atoms with Crippen molar-refractivity contribution in [1.82, 2.24) is 5.48 Å². The van der Waals surface area contributed by atoms with Crippen molar-refractivity contribution in [1.29, 1.82) is 0 Å². The first-order valence-electron chi connectivity index (χ1n) is 5.86. The van der Waals surface area contributed by atoms with Gasteiger partial charge in [0.05, 0.1) is 17.8 Å². The standard InChI is InChI=1S/C13H19ClN2O3/c1-13(2,3)19-12(17)16-11-7-9(8-15-18-4)5-6-10(11)14/h5-7,15H,8H2,1-4H3,(H,16,17). The van der Waals surface area contributed by atoms with Gasteiger partial charge >= 0.3 is 6.09 Å². The molecule has 0 atom stereocenters. The molecular weight excluding hydrogens is 268 g/mol. The molecule has 1 aromatic rings. The molecule has 5 nitrogen and oxygen atoms in total. The Hall–Kier alpha value is -1.30.